The average Bonchev–Trinajstić information content (AvgIpc) is 1.72. The monoisotopic (exact) mass is 85.0 g/mol. The number of rotatable bonds is 0. The maximum Gasteiger partial charge on any atom is 0.197 e. The molecule has 3 heteroatoms. The standard InChI is InChI=1S/C3H4N2O/c1-2-4-5-6-3-1/h1-3,5H/p+1. The summed E-state index contributed by atoms with van der Waals surface area (Å²) in [5.41, 5.74) is 2.39. The Morgan fingerprint density at radius 1 is 1.67 bits per heavy atom. The molecule has 1 rings (SSSR count). The molecule has 0 bridgehead atoms. The van der Waals surface area contributed by atoms with Crippen LogP contribution in [0.5, 0.6) is 0 Å². The van der Waals surface area contributed by atoms with Gasteiger partial charge in [0.1, 0.15) is 6.26 Å². The van der Waals surface area contributed by atoms with Crippen molar-refractivity contribution in [2.24, 2.45) is 0 Å². The number of hydrogen-bond acceptors (Lipinski definition) is 2. The van der Waals surface area contributed by atoms with Crippen LogP contribution in [-0.4, -0.2) is 6.21 Å². The van der Waals surface area contributed by atoms with E-state index >= 15 is 0 Å². The SMILES string of the molecule is C1=CON[NH+]=C1. The van der Waals surface area contributed by atoms with E-state index in [0.29, 0.717) is 0 Å². The van der Waals surface area contributed by atoms with E-state index in [1.165, 1.54) is 6.26 Å². The molecule has 0 saturated heterocycles. The van der Waals surface area contributed by atoms with E-state index in [4.69, 9.17) is 0 Å². The van der Waals surface area contributed by atoms with E-state index in [0.717, 1.165) is 0 Å². The van der Waals surface area contributed by atoms with E-state index in [1.807, 2.05) is 0 Å². The summed E-state index contributed by atoms with van der Waals surface area (Å²) in [6.45, 7) is 0. The third-order valence-electron chi connectivity index (χ3n) is 0.444. The van der Waals surface area contributed by atoms with Gasteiger partial charge in [0.05, 0.1) is 0 Å². The summed E-state index contributed by atoms with van der Waals surface area (Å²) in [7, 11) is 0. The highest BCUT2D eigenvalue weighted by atomic mass is 16.7. The summed E-state index contributed by atoms with van der Waals surface area (Å²) >= 11 is 0. The number of hydrazone groups is 1. The van der Waals surface area contributed by atoms with Gasteiger partial charge in [-0.05, 0) is 5.59 Å². The van der Waals surface area contributed by atoms with Crippen LogP contribution in [0.3, 0.4) is 0 Å². The molecule has 0 aromatic heterocycles. The van der Waals surface area contributed by atoms with E-state index in [2.05, 4.69) is 15.5 Å². The molecular weight excluding hydrogens is 80.0 g/mol. The van der Waals surface area contributed by atoms with Crippen molar-refractivity contribution in [1.82, 2.24) is 5.59 Å². The minimum atomic E-state index is 1.54. The van der Waals surface area contributed by atoms with Crippen molar-refractivity contribution >= 4 is 6.21 Å². The Morgan fingerprint density at radius 3 is 2.83 bits per heavy atom. The van der Waals surface area contributed by atoms with Gasteiger partial charge in [0.15, 0.2) is 6.21 Å². The second-order valence-corrected chi connectivity index (χ2v) is 0.859. The zero-order valence-corrected chi connectivity index (χ0v) is 3.14. The van der Waals surface area contributed by atoms with E-state index in [9.17, 15) is 0 Å². The quantitative estimate of drug-likeness (QED) is 0.360. The lowest BCUT2D eigenvalue weighted by atomic mass is 10.7. The largest absolute Gasteiger partial charge is 0.342 e. The maximum atomic E-state index is 4.50. The highest BCUT2D eigenvalue weighted by Gasteiger charge is 1.80. The Kier molecular flexibility index (Phi) is 0.774. The first-order chi connectivity index (χ1) is 3.00. The molecule has 6 heavy (non-hydrogen) atoms. The first-order valence-corrected chi connectivity index (χ1v) is 1.65. The first-order valence-electron chi connectivity index (χ1n) is 1.65. The van der Waals surface area contributed by atoms with Crippen LogP contribution in [-0.2, 0) is 4.84 Å². The van der Waals surface area contributed by atoms with Gasteiger partial charge >= 0.3 is 0 Å². The third kappa shape index (κ3) is 0.484. The van der Waals surface area contributed by atoms with Gasteiger partial charge in [-0.1, -0.05) is 0 Å². The second-order valence-electron chi connectivity index (χ2n) is 0.859. The Hall–Kier alpha value is -0.990. The minimum Gasteiger partial charge on any atom is -0.342 e. The summed E-state index contributed by atoms with van der Waals surface area (Å²) in [5, 5.41) is 2.60. The molecule has 0 amide bonds. The molecule has 1 aliphatic heterocycles. The molecule has 0 radical (unpaired) electrons. The number of hydrazine groups is 1. The molecule has 1 heterocycles. The molecule has 0 unspecified atom stereocenters. The Balaban J connectivity index is 2.46. The average molecular weight is 85.1 g/mol. The van der Waals surface area contributed by atoms with Gasteiger partial charge < -0.3 is 4.84 Å². The number of hydrogen-bond donors (Lipinski definition) is 2. The van der Waals surface area contributed by atoms with Crippen molar-refractivity contribution < 1.29 is 9.94 Å². The highest BCUT2D eigenvalue weighted by Crippen LogP contribution is 1.63. The lowest BCUT2D eigenvalue weighted by Gasteiger charge is -1.90. The molecule has 0 saturated carbocycles. The minimum absolute atomic E-state index is 1.54. The summed E-state index contributed by atoms with van der Waals surface area (Å²) < 4.78 is 0. The first kappa shape index (κ1) is 3.21. The zero-order valence-electron chi connectivity index (χ0n) is 3.14. The molecule has 0 aromatic carbocycles. The predicted octanol–water partition coefficient (Wildman–Crippen LogP) is -1.90. The van der Waals surface area contributed by atoms with Crippen molar-refractivity contribution in [2.45, 2.75) is 0 Å². The lowest BCUT2D eigenvalue weighted by Crippen LogP contribution is -2.80. The molecule has 0 spiro atoms. The second kappa shape index (κ2) is 1.45. The smallest absolute Gasteiger partial charge is 0.197 e. The van der Waals surface area contributed by atoms with Crippen LogP contribution >= 0.6 is 0 Å². The van der Waals surface area contributed by atoms with Crippen LogP contribution < -0.4 is 10.7 Å². The number of allylic oxidation sites excluding steroid dienone is 1. The summed E-state index contributed by atoms with van der Waals surface area (Å²) in [4.78, 5) is 4.50. The van der Waals surface area contributed by atoms with Crippen LogP contribution in [0.15, 0.2) is 12.3 Å². The number of nitrogens with one attached hydrogen (secondary N) is 2. The van der Waals surface area contributed by atoms with Crippen LogP contribution in [0.2, 0.25) is 0 Å². The van der Waals surface area contributed by atoms with Crippen LogP contribution in [0.25, 0.3) is 0 Å². The Labute approximate surface area is 35.3 Å². The van der Waals surface area contributed by atoms with Crippen molar-refractivity contribution in [3.05, 3.63) is 12.3 Å². The van der Waals surface area contributed by atoms with Gasteiger partial charge in [-0.15, -0.1) is 5.10 Å². The summed E-state index contributed by atoms with van der Waals surface area (Å²) in [6, 6.07) is 0. The van der Waals surface area contributed by atoms with Crippen LogP contribution in [0, 0.1) is 0 Å². The van der Waals surface area contributed by atoms with Gasteiger partial charge in [0.2, 0.25) is 0 Å². The maximum absolute atomic E-state index is 4.50. The van der Waals surface area contributed by atoms with Gasteiger partial charge in [0.25, 0.3) is 0 Å². The fourth-order valence-electron chi connectivity index (χ4n) is 0.229. The highest BCUT2D eigenvalue weighted by molar-refractivity contribution is 5.64. The topological polar surface area (TPSA) is 35.2 Å². The molecule has 3 nitrogen and oxygen atoms in total. The molecule has 32 valence electrons. The van der Waals surface area contributed by atoms with Gasteiger partial charge in [0, 0.05) is 6.08 Å². The third-order valence-corrected chi connectivity index (χ3v) is 0.444. The van der Waals surface area contributed by atoms with Gasteiger partial charge in [-0.3, -0.25) is 0 Å². The van der Waals surface area contributed by atoms with Crippen LogP contribution in [0.4, 0.5) is 0 Å². The molecule has 0 aliphatic carbocycles. The molecule has 0 atom stereocenters. The molecule has 0 fully saturated rings. The van der Waals surface area contributed by atoms with Crippen molar-refractivity contribution in [3.8, 4) is 0 Å². The summed E-state index contributed by atoms with van der Waals surface area (Å²) in [6.07, 6.45) is 5.01. The van der Waals surface area contributed by atoms with E-state index < -0.39 is 0 Å². The van der Waals surface area contributed by atoms with Gasteiger partial charge in [-0.2, -0.15) is 0 Å². The van der Waals surface area contributed by atoms with Gasteiger partial charge in [-0.25, -0.2) is 0 Å². The molecule has 2 N–H and O–H groups in total. The lowest BCUT2D eigenvalue weighted by molar-refractivity contribution is -0.584. The van der Waals surface area contributed by atoms with E-state index in [-0.39, 0.29) is 0 Å². The fourth-order valence-corrected chi connectivity index (χ4v) is 0.229. The Morgan fingerprint density at radius 2 is 2.67 bits per heavy atom. The fraction of sp³-hybridized carbons (Fsp3) is 0. The molecule has 1 aliphatic rings. The van der Waals surface area contributed by atoms with E-state index in [1.54, 1.807) is 12.3 Å². The van der Waals surface area contributed by atoms with Crippen LogP contribution in [0.1, 0.15) is 0 Å². The normalized spacial score (nSPS) is 16.0. The molecule has 0 aromatic rings. The summed E-state index contributed by atoms with van der Waals surface area (Å²) in [5.74, 6) is 0. The zero-order chi connectivity index (χ0) is 4.24. The Bertz CT molecular complexity index is 74.8. The van der Waals surface area contributed by atoms with Crippen molar-refractivity contribution in [3.63, 3.8) is 0 Å². The molecular formula is C3H5N2O+. The van der Waals surface area contributed by atoms with Crippen molar-refractivity contribution in [2.75, 3.05) is 0 Å². The van der Waals surface area contributed by atoms with Crippen molar-refractivity contribution in [1.29, 1.82) is 0 Å². The predicted molar refractivity (Wildman–Crippen MR) is 20.4 cm³/mol.